The molecule has 0 radical (unpaired) electrons. The number of carbonyl (C=O) groups excluding carboxylic acids is 1. The van der Waals surface area contributed by atoms with E-state index in [1.165, 1.54) is 11.6 Å². The van der Waals surface area contributed by atoms with Gasteiger partial charge in [0, 0.05) is 11.5 Å². The Morgan fingerprint density at radius 1 is 1.02 bits per heavy atom. The number of nitro benzene ring substituents is 1. The molecule has 4 fully saturated rings. The summed E-state index contributed by atoms with van der Waals surface area (Å²) in [5.41, 5.74) is 1.61. The second-order valence-corrected chi connectivity index (χ2v) is 18.5. The first-order valence-electron chi connectivity index (χ1n) is 18.8. The Labute approximate surface area is 296 Å². The molecule has 1 heterocycles. The zero-order valence-corrected chi connectivity index (χ0v) is 30.8. The minimum Gasteiger partial charge on any atom is -0.459 e. The van der Waals surface area contributed by atoms with E-state index < -0.39 is 21.9 Å². The summed E-state index contributed by atoms with van der Waals surface area (Å²) in [5, 5.41) is 41.6. The van der Waals surface area contributed by atoms with Crippen LogP contribution in [0.15, 0.2) is 42.1 Å². The first-order valence-corrected chi connectivity index (χ1v) is 18.8. The number of aliphatic hydroxyl groups excluding tert-OH is 2. The van der Waals surface area contributed by atoms with Gasteiger partial charge in [0.2, 0.25) is 0 Å². The largest absolute Gasteiger partial charge is 0.459 e. The molecule has 0 amide bonds. The van der Waals surface area contributed by atoms with Crippen molar-refractivity contribution in [2.75, 3.05) is 6.61 Å². The predicted octanol–water partition coefficient (Wildman–Crippen LogP) is 7.41. The lowest BCUT2D eigenvalue weighted by Gasteiger charge is -2.71. The maximum Gasteiger partial charge on any atom is 0.313 e. The number of benzene rings is 1. The van der Waals surface area contributed by atoms with Gasteiger partial charge in [-0.25, -0.2) is 4.68 Å². The quantitative estimate of drug-likeness (QED) is 0.133. The number of aromatic nitrogens is 3. The highest BCUT2D eigenvalue weighted by Gasteiger charge is 2.69. The molecule has 1 aromatic heterocycles. The number of hydrogen-bond acceptors (Lipinski definition) is 8. The van der Waals surface area contributed by atoms with Gasteiger partial charge in [0.25, 0.3) is 5.69 Å². The molecule has 272 valence electrons. The average Bonchev–Trinajstić information content (AvgIpc) is 3.52. The van der Waals surface area contributed by atoms with Gasteiger partial charge in [0.05, 0.1) is 41.4 Å². The second-order valence-electron chi connectivity index (χ2n) is 18.5. The summed E-state index contributed by atoms with van der Waals surface area (Å²) in [6, 6.07) is 6.59. The Balaban J connectivity index is 1.14. The number of nitro groups is 1. The van der Waals surface area contributed by atoms with Crippen LogP contribution >= 0.6 is 0 Å². The van der Waals surface area contributed by atoms with Crippen LogP contribution in [0.5, 0.6) is 0 Å². The van der Waals surface area contributed by atoms with Gasteiger partial charge >= 0.3 is 5.97 Å². The molecular weight excluding hydrogens is 632 g/mol. The lowest BCUT2D eigenvalue weighted by atomic mass is 9.33. The van der Waals surface area contributed by atoms with Gasteiger partial charge in [0.1, 0.15) is 12.3 Å². The lowest BCUT2D eigenvalue weighted by molar-refractivity contribution is -0.385. The third kappa shape index (κ3) is 5.13. The first-order chi connectivity index (χ1) is 23.5. The zero-order valence-electron chi connectivity index (χ0n) is 30.8. The summed E-state index contributed by atoms with van der Waals surface area (Å²) >= 11 is 0. The van der Waals surface area contributed by atoms with E-state index in [0.717, 1.165) is 64.2 Å². The van der Waals surface area contributed by atoms with Crippen molar-refractivity contribution >= 4 is 11.7 Å². The van der Waals surface area contributed by atoms with E-state index in [9.17, 15) is 25.1 Å². The SMILES string of the molecule is CC1(C)CC[C@]2(C(=O)OCc3cn(Cc4ccccc4[N+](=O)[O-])nn3)CC[C@]3(C)C(=CC[C@@H]4[C@@]5(C)CC[C@H](O)[C@@](C)(CO)[C@@H]5CC[C@]43C)[C@@H]2C1. The highest BCUT2D eigenvalue weighted by atomic mass is 16.6. The molecule has 4 saturated carbocycles. The van der Waals surface area contributed by atoms with Crippen LogP contribution in [0.2, 0.25) is 0 Å². The first kappa shape index (κ1) is 35.3. The number of para-hydroxylation sites is 1. The average molecular weight is 689 g/mol. The number of ether oxygens (including phenoxy) is 1. The lowest BCUT2D eigenvalue weighted by Crippen LogP contribution is -2.66. The number of nitrogens with zero attached hydrogens (tertiary/aromatic N) is 4. The molecule has 1 aromatic carbocycles. The van der Waals surface area contributed by atoms with Crippen LogP contribution in [0, 0.1) is 60.4 Å². The minimum absolute atomic E-state index is 0.0128. The Kier molecular flexibility index (Phi) is 8.45. The highest BCUT2D eigenvalue weighted by Crippen LogP contribution is 2.75. The molecule has 0 aliphatic heterocycles. The molecule has 10 heteroatoms. The van der Waals surface area contributed by atoms with Crippen molar-refractivity contribution in [2.24, 2.45) is 50.2 Å². The minimum atomic E-state index is -0.587. The normalized spacial score (nSPS) is 40.4. The summed E-state index contributed by atoms with van der Waals surface area (Å²) in [6.07, 6.45) is 12.9. The summed E-state index contributed by atoms with van der Waals surface area (Å²) in [6.45, 7) is 14.5. The van der Waals surface area contributed by atoms with Crippen molar-refractivity contribution in [1.82, 2.24) is 15.0 Å². The smallest absolute Gasteiger partial charge is 0.313 e. The van der Waals surface area contributed by atoms with E-state index in [0.29, 0.717) is 17.2 Å². The maximum atomic E-state index is 14.4. The summed E-state index contributed by atoms with van der Waals surface area (Å²) < 4.78 is 7.71. The molecule has 2 N–H and O–H groups in total. The third-order valence-corrected chi connectivity index (χ3v) is 15.6. The van der Waals surface area contributed by atoms with Gasteiger partial charge in [0.15, 0.2) is 0 Å². The molecular formula is C40H56N4O6. The summed E-state index contributed by atoms with van der Waals surface area (Å²) in [5.74, 6) is 0.674. The van der Waals surface area contributed by atoms with E-state index in [4.69, 9.17) is 4.74 Å². The van der Waals surface area contributed by atoms with Crippen LogP contribution < -0.4 is 0 Å². The number of esters is 1. The molecule has 50 heavy (non-hydrogen) atoms. The van der Waals surface area contributed by atoms with E-state index >= 15 is 0 Å². The standard InChI is InChI=1S/C40H56N4O6/c1-35(2)17-19-40(34(47)50-24-27-23-43(42-41-27)22-26-9-7-8-10-30(26)44(48)49)20-18-38(5)28(29(40)21-35)11-12-32-36(3)15-14-33(46)37(4,25-45)31(36)13-16-39(32,38)6/h7-11,23,29,31-33,45-46H,12-22,24-25H2,1-6H3/t29-,31+,32+,33-,36-,37-,38+,39+,40-/m0/s1. The van der Waals surface area contributed by atoms with Crippen LogP contribution in [0.1, 0.15) is 117 Å². The topological polar surface area (TPSA) is 141 Å². The van der Waals surface area contributed by atoms with Crippen molar-refractivity contribution in [3.05, 3.63) is 63.5 Å². The fourth-order valence-corrected chi connectivity index (χ4v) is 12.4. The number of fused-ring (bicyclic) bond motifs is 7. The molecule has 5 aliphatic rings. The fraction of sp³-hybridized carbons (Fsp3) is 0.725. The van der Waals surface area contributed by atoms with Crippen LogP contribution in [0.4, 0.5) is 5.69 Å². The van der Waals surface area contributed by atoms with Crippen LogP contribution in [-0.2, 0) is 22.7 Å². The third-order valence-electron chi connectivity index (χ3n) is 15.6. The molecule has 7 rings (SSSR count). The fourth-order valence-electron chi connectivity index (χ4n) is 12.4. The molecule has 0 saturated heterocycles. The van der Waals surface area contributed by atoms with Crippen LogP contribution in [0.3, 0.4) is 0 Å². The van der Waals surface area contributed by atoms with Crippen molar-refractivity contribution in [2.45, 2.75) is 125 Å². The van der Waals surface area contributed by atoms with Crippen LogP contribution in [0.25, 0.3) is 0 Å². The molecule has 0 spiro atoms. The highest BCUT2D eigenvalue weighted by molar-refractivity contribution is 5.78. The zero-order chi connectivity index (χ0) is 35.9. The van der Waals surface area contributed by atoms with Crippen LogP contribution in [-0.4, -0.2) is 48.8 Å². The number of carbonyl (C=O) groups is 1. The van der Waals surface area contributed by atoms with Gasteiger partial charge in [-0.2, -0.15) is 0 Å². The molecule has 10 nitrogen and oxygen atoms in total. The molecule has 2 aromatic rings. The maximum absolute atomic E-state index is 14.4. The van der Waals surface area contributed by atoms with Gasteiger partial charge < -0.3 is 14.9 Å². The van der Waals surface area contributed by atoms with Crippen molar-refractivity contribution in [1.29, 1.82) is 0 Å². The monoisotopic (exact) mass is 688 g/mol. The van der Waals surface area contributed by atoms with Gasteiger partial charge in [-0.15, -0.1) is 5.10 Å². The van der Waals surface area contributed by atoms with E-state index in [2.05, 4.69) is 57.9 Å². The van der Waals surface area contributed by atoms with Crippen molar-refractivity contribution in [3.63, 3.8) is 0 Å². The van der Waals surface area contributed by atoms with Gasteiger partial charge in [-0.05, 0) is 104 Å². The summed E-state index contributed by atoms with van der Waals surface area (Å²) in [7, 11) is 0. The van der Waals surface area contributed by atoms with Gasteiger partial charge in [-0.3, -0.25) is 14.9 Å². The Bertz CT molecular complexity index is 1700. The Morgan fingerprint density at radius 3 is 2.50 bits per heavy atom. The van der Waals surface area contributed by atoms with E-state index in [-0.39, 0.29) is 64.9 Å². The predicted molar refractivity (Wildman–Crippen MR) is 188 cm³/mol. The molecule has 9 atom stereocenters. The molecule has 0 unspecified atom stereocenters. The Hall–Kier alpha value is -3.11. The second kappa shape index (κ2) is 12.0. The number of aliphatic hydroxyl groups is 2. The van der Waals surface area contributed by atoms with E-state index in [1.807, 2.05) is 0 Å². The molecule has 0 bridgehead atoms. The Morgan fingerprint density at radius 2 is 1.76 bits per heavy atom. The van der Waals surface area contributed by atoms with Crippen molar-refractivity contribution in [3.8, 4) is 0 Å². The summed E-state index contributed by atoms with van der Waals surface area (Å²) in [4.78, 5) is 25.5. The number of rotatable bonds is 7. The van der Waals surface area contributed by atoms with Gasteiger partial charge in [-0.1, -0.05) is 76.6 Å². The molecule has 5 aliphatic carbocycles. The van der Waals surface area contributed by atoms with E-state index in [1.54, 1.807) is 29.1 Å². The number of hydrogen-bond donors (Lipinski definition) is 2. The van der Waals surface area contributed by atoms with Crippen molar-refractivity contribution < 1.29 is 24.7 Å². The number of allylic oxidation sites excluding steroid dienone is 2.